The second kappa shape index (κ2) is 7.76. The number of anilines is 2. The lowest BCUT2D eigenvalue weighted by Crippen LogP contribution is -2.42. The van der Waals surface area contributed by atoms with Crippen LogP contribution in [0.4, 0.5) is 11.4 Å². The Labute approximate surface area is 158 Å². The van der Waals surface area contributed by atoms with Gasteiger partial charge < -0.3 is 10.2 Å². The molecule has 1 N–H and O–H groups in total. The third-order valence-electron chi connectivity index (χ3n) is 3.62. The number of benzene rings is 1. The van der Waals surface area contributed by atoms with Gasteiger partial charge in [0.2, 0.25) is 11.8 Å². The molecule has 9 heteroatoms. The van der Waals surface area contributed by atoms with E-state index in [0.717, 1.165) is 4.68 Å². The second-order valence-corrected chi connectivity index (χ2v) is 6.91. The zero-order chi connectivity index (χ0) is 18.7. The molecule has 0 saturated carbocycles. The fourth-order valence-electron chi connectivity index (χ4n) is 2.50. The van der Waals surface area contributed by atoms with E-state index in [0.29, 0.717) is 15.6 Å². The Hall–Kier alpha value is -2.58. The Kier molecular flexibility index (Phi) is 5.43. The Morgan fingerprint density at radius 2 is 2.23 bits per heavy atom. The molecule has 0 atom stereocenters. The molecule has 0 aliphatic carbocycles. The molecule has 0 radical (unpaired) electrons. The summed E-state index contributed by atoms with van der Waals surface area (Å²) in [5, 5.41) is 7.19. The molecule has 2 amide bonds. The van der Waals surface area contributed by atoms with Gasteiger partial charge in [-0.1, -0.05) is 23.7 Å². The highest BCUT2D eigenvalue weighted by molar-refractivity contribution is 8.00. The van der Waals surface area contributed by atoms with E-state index in [1.54, 1.807) is 30.3 Å². The van der Waals surface area contributed by atoms with Crippen LogP contribution in [0, 0.1) is 0 Å². The fourth-order valence-corrected chi connectivity index (χ4v) is 3.58. The molecular formula is C17H15ClN4O3S. The van der Waals surface area contributed by atoms with Crippen molar-refractivity contribution in [1.82, 2.24) is 9.78 Å². The summed E-state index contributed by atoms with van der Waals surface area (Å²) in [5.41, 5.74) is 0.260. The van der Waals surface area contributed by atoms with Gasteiger partial charge in [-0.2, -0.15) is 5.10 Å². The van der Waals surface area contributed by atoms with Crippen molar-refractivity contribution in [2.45, 2.75) is 11.4 Å². The first-order chi connectivity index (χ1) is 12.5. The van der Waals surface area contributed by atoms with Crippen LogP contribution >= 0.6 is 23.4 Å². The third kappa shape index (κ3) is 3.81. The molecule has 2 heterocycles. The number of hydrogen-bond acceptors (Lipinski definition) is 5. The lowest BCUT2D eigenvalue weighted by Gasteiger charge is -2.27. The van der Waals surface area contributed by atoms with Crippen LogP contribution in [0.5, 0.6) is 0 Å². The van der Waals surface area contributed by atoms with Crippen molar-refractivity contribution in [2.75, 3.05) is 22.5 Å². The maximum Gasteiger partial charge on any atom is 0.292 e. The summed E-state index contributed by atoms with van der Waals surface area (Å²) < 4.78 is 1.04. The number of thioether (sulfide) groups is 1. The molecular weight excluding hydrogens is 376 g/mol. The van der Waals surface area contributed by atoms with Crippen LogP contribution in [-0.4, -0.2) is 33.9 Å². The largest absolute Gasteiger partial charge is 0.324 e. The molecule has 0 saturated heterocycles. The van der Waals surface area contributed by atoms with Gasteiger partial charge in [-0.3, -0.25) is 14.4 Å². The van der Waals surface area contributed by atoms with Gasteiger partial charge in [0.05, 0.1) is 16.8 Å². The number of amides is 2. The molecule has 1 aromatic carbocycles. The van der Waals surface area contributed by atoms with Gasteiger partial charge in [-0.15, -0.1) is 18.3 Å². The van der Waals surface area contributed by atoms with Gasteiger partial charge in [0, 0.05) is 17.3 Å². The summed E-state index contributed by atoms with van der Waals surface area (Å²) in [4.78, 5) is 39.1. The van der Waals surface area contributed by atoms with Crippen molar-refractivity contribution < 1.29 is 9.59 Å². The number of carbonyl (C=O) groups excluding carboxylic acids is 2. The molecule has 1 aliphatic heterocycles. The summed E-state index contributed by atoms with van der Waals surface area (Å²) in [6, 6.07) is 6.69. The summed E-state index contributed by atoms with van der Waals surface area (Å²) in [7, 11) is 0. The highest BCUT2D eigenvalue weighted by Gasteiger charge is 2.28. The molecule has 0 unspecified atom stereocenters. The number of nitrogens with one attached hydrogen (secondary N) is 1. The van der Waals surface area contributed by atoms with Crippen molar-refractivity contribution in [1.29, 1.82) is 0 Å². The topological polar surface area (TPSA) is 84.3 Å². The molecule has 7 nitrogen and oxygen atoms in total. The van der Waals surface area contributed by atoms with Crippen LogP contribution < -0.4 is 15.8 Å². The third-order valence-corrected chi connectivity index (χ3v) is 4.86. The Balaban J connectivity index is 1.85. The Morgan fingerprint density at radius 3 is 2.96 bits per heavy atom. The van der Waals surface area contributed by atoms with Crippen molar-refractivity contribution in [3.8, 4) is 0 Å². The lowest BCUT2D eigenvalue weighted by molar-refractivity contribution is -0.117. The van der Waals surface area contributed by atoms with Crippen LogP contribution in [0.2, 0.25) is 5.02 Å². The average molecular weight is 391 g/mol. The average Bonchev–Trinajstić information content (AvgIpc) is 2.60. The monoisotopic (exact) mass is 390 g/mol. The van der Waals surface area contributed by atoms with E-state index >= 15 is 0 Å². The number of carbonyl (C=O) groups is 2. The number of hydrogen-bond donors (Lipinski definition) is 1. The lowest BCUT2D eigenvalue weighted by atomic mass is 10.3. The minimum absolute atomic E-state index is 0.180. The van der Waals surface area contributed by atoms with Gasteiger partial charge in [-0.05, 0) is 18.2 Å². The smallest absolute Gasteiger partial charge is 0.292 e. The first-order valence-corrected chi connectivity index (χ1v) is 9.05. The standard InChI is InChI=1S/C17H15ClN4O3S/c1-2-6-21-15(24)10-26-13-8-19-22(17(25)16(13)21)9-14(23)20-12-5-3-4-11(18)7-12/h2-5,7-8H,1,6,9-10H2,(H,20,23). The maximum atomic E-state index is 12.7. The van der Waals surface area contributed by atoms with Crippen LogP contribution in [0.3, 0.4) is 0 Å². The quantitative estimate of drug-likeness (QED) is 0.791. The maximum absolute atomic E-state index is 12.7. The molecule has 3 rings (SSSR count). The van der Waals surface area contributed by atoms with E-state index in [-0.39, 0.29) is 30.4 Å². The zero-order valence-electron chi connectivity index (χ0n) is 13.6. The number of halogens is 1. The number of fused-ring (bicyclic) bond motifs is 1. The second-order valence-electron chi connectivity index (χ2n) is 5.46. The van der Waals surface area contributed by atoms with E-state index in [4.69, 9.17) is 11.6 Å². The Morgan fingerprint density at radius 1 is 1.42 bits per heavy atom. The van der Waals surface area contributed by atoms with Gasteiger partial charge in [0.15, 0.2) is 0 Å². The van der Waals surface area contributed by atoms with E-state index in [9.17, 15) is 14.4 Å². The summed E-state index contributed by atoms with van der Waals surface area (Å²) in [5.74, 6) is -0.367. The summed E-state index contributed by atoms with van der Waals surface area (Å²) in [6.07, 6.45) is 3.05. The van der Waals surface area contributed by atoms with Crippen molar-refractivity contribution in [2.24, 2.45) is 0 Å². The molecule has 2 aromatic rings. The molecule has 1 aliphatic rings. The van der Waals surface area contributed by atoms with Gasteiger partial charge in [-0.25, -0.2) is 4.68 Å². The zero-order valence-corrected chi connectivity index (χ0v) is 15.2. The van der Waals surface area contributed by atoms with Crippen LogP contribution in [0.15, 0.2) is 52.8 Å². The first-order valence-electron chi connectivity index (χ1n) is 7.69. The van der Waals surface area contributed by atoms with E-state index in [2.05, 4.69) is 17.0 Å². The Bertz CT molecular complexity index is 944. The predicted molar refractivity (Wildman–Crippen MR) is 102 cm³/mol. The van der Waals surface area contributed by atoms with Crippen LogP contribution in [0.25, 0.3) is 0 Å². The number of nitrogens with zero attached hydrogens (tertiary/aromatic N) is 3. The molecule has 134 valence electrons. The molecule has 0 bridgehead atoms. The fraction of sp³-hybridized carbons (Fsp3) is 0.176. The van der Waals surface area contributed by atoms with Crippen molar-refractivity contribution in [3.63, 3.8) is 0 Å². The summed E-state index contributed by atoms with van der Waals surface area (Å²) in [6.45, 7) is 3.56. The van der Waals surface area contributed by atoms with Crippen LogP contribution in [0.1, 0.15) is 0 Å². The molecule has 26 heavy (non-hydrogen) atoms. The van der Waals surface area contributed by atoms with Crippen LogP contribution in [-0.2, 0) is 16.1 Å². The summed E-state index contributed by atoms with van der Waals surface area (Å²) >= 11 is 7.14. The highest BCUT2D eigenvalue weighted by atomic mass is 35.5. The van der Waals surface area contributed by atoms with Crippen molar-refractivity contribution in [3.05, 3.63) is 58.5 Å². The number of aromatic nitrogens is 2. The minimum Gasteiger partial charge on any atom is -0.324 e. The van der Waals surface area contributed by atoms with Gasteiger partial charge in [0.1, 0.15) is 12.2 Å². The van der Waals surface area contributed by atoms with Gasteiger partial charge >= 0.3 is 0 Å². The van der Waals surface area contributed by atoms with Gasteiger partial charge in [0.25, 0.3) is 5.56 Å². The molecule has 1 aromatic heterocycles. The van der Waals surface area contributed by atoms with E-state index in [1.165, 1.54) is 22.9 Å². The molecule has 0 fully saturated rings. The first kappa shape index (κ1) is 18.2. The highest BCUT2D eigenvalue weighted by Crippen LogP contribution is 2.31. The normalized spacial score (nSPS) is 13.3. The van der Waals surface area contributed by atoms with Crippen molar-refractivity contribution >= 4 is 46.6 Å². The minimum atomic E-state index is -0.494. The van der Waals surface area contributed by atoms with E-state index < -0.39 is 11.5 Å². The predicted octanol–water partition coefficient (Wildman–Crippen LogP) is 2.16. The molecule has 0 spiro atoms. The number of rotatable bonds is 5. The SMILES string of the molecule is C=CCN1C(=O)CSc2cnn(CC(=O)Nc3cccc(Cl)c3)c(=O)c21. The van der Waals surface area contributed by atoms with E-state index in [1.807, 2.05) is 0 Å².